The highest BCUT2D eigenvalue weighted by molar-refractivity contribution is 7.15. The van der Waals surface area contributed by atoms with E-state index in [1.165, 1.54) is 27.1 Å². The van der Waals surface area contributed by atoms with Gasteiger partial charge in [-0.05, 0) is 31.0 Å². The Morgan fingerprint density at radius 3 is 2.65 bits per heavy atom. The number of nitrogens with one attached hydrogen (secondary N) is 1. The molecule has 0 radical (unpaired) electrons. The summed E-state index contributed by atoms with van der Waals surface area (Å²) in [6, 6.07) is 12.8. The summed E-state index contributed by atoms with van der Waals surface area (Å²) in [4.78, 5) is 48.0. The van der Waals surface area contributed by atoms with E-state index < -0.39 is 17.2 Å². The number of furan rings is 1. The van der Waals surface area contributed by atoms with Gasteiger partial charge >= 0.3 is 5.69 Å². The van der Waals surface area contributed by atoms with Crippen molar-refractivity contribution in [1.29, 1.82) is 0 Å². The Labute approximate surface area is 199 Å². The molecule has 0 spiro atoms. The van der Waals surface area contributed by atoms with E-state index in [1.807, 2.05) is 37.3 Å². The van der Waals surface area contributed by atoms with E-state index in [2.05, 4.69) is 9.97 Å². The molecule has 0 saturated heterocycles. The number of hydrogen-bond donors (Lipinski definition) is 2. The van der Waals surface area contributed by atoms with Crippen molar-refractivity contribution in [2.75, 3.05) is 10.6 Å². The summed E-state index contributed by atoms with van der Waals surface area (Å²) in [5.41, 5.74) is 5.92. The zero-order valence-electron chi connectivity index (χ0n) is 18.9. The molecule has 0 aliphatic heterocycles. The normalized spacial score (nSPS) is 11.0. The zero-order chi connectivity index (χ0) is 24.2. The summed E-state index contributed by atoms with van der Waals surface area (Å²) in [5.74, 6) is 0.00570. The number of aromatic amines is 1. The van der Waals surface area contributed by atoms with Crippen LogP contribution in [0.5, 0.6) is 0 Å². The minimum absolute atomic E-state index is 0.0504. The lowest BCUT2D eigenvalue weighted by Crippen LogP contribution is -2.41. The van der Waals surface area contributed by atoms with Gasteiger partial charge in [-0.2, -0.15) is 0 Å². The lowest BCUT2D eigenvalue weighted by atomic mass is 10.2. The second kappa shape index (κ2) is 9.92. The number of nitrogens with zero attached hydrogens (tertiary/aromatic N) is 3. The highest BCUT2D eigenvalue weighted by Crippen LogP contribution is 2.30. The van der Waals surface area contributed by atoms with E-state index in [-0.39, 0.29) is 23.7 Å². The van der Waals surface area contributed by atoms with E-state index in [1.54, 1.807) is 19.1 Å². The minimum atomic E-state index is -0.723. The number of carbonyl (C=O) groups excluding carboxylic acids is 1. The monoisotopic (exact) mass is 479 g/mol. The van der Waals surface area contributed by atoms with Gasteiger partial charge in [0.2, 0.25) is 0 Å². The maximum absolute atomic E-state index is 13.8. The Morgan fingerprint density at radius 1 is 1.21 bits per heavy atom. The van der Waals surface area contributed by atoms with Gasteiger partial charge in [0.05, 0.1) is 12.8 Å². The van der Waals surface area contributed by atoms with Gasteiger partial charge in [0.1, 0.15) is 11.5 Å². The molecule has 0 atom stereocenters. The number of rotatable bonds is 8. The van der Waals surface area contributed by atoms with Crippen molar-refractivity contribution in [1.82, 2.24) is 14.5 Å². The first-order valence-electron chi connectivity index (χ1n) is 10.9. The molecule has 176 valence electrons. The van der Waals surface area contributed by atoms with Crippen molar-refractivity contribution in [3.05, 3.63) is 85.7 Å². The summed E-state index contributed by atoms with van der Waals surface area (Å²) in [6.07, 6.45) is 3.07. The number of nitrogens with two attached hydrogens (primary N) is 1. The first-order chi connectivity index (χ1) is 16.4. The molecule has 3 aromatic heterocycles. The van der Waals surface area contributed by atoms with E-state index in [9.17, 15) is 14.4 Å². The number of aromatic nitrogens is 3. The van der Waals surface area contributed by atoms with Gasteiger partial charge in [0, 0.05) is 11.4 Å². The van der Waals surface area contributed by atoms with Crippen LogP contribution in [0.2, 0.25) is 0 Å². The average molecular weight is 480 g/mol. The molecule has 9 nitrogen and oxygen atoms in total. The maximum Gasteiger partial charge on any atom is 0.330 e. The molecular formula is C24H25N5O4S. The van der Waals surface area contributed by atoms with Gasteiger partial charge in [-0.3, -0.25) is 24.0 Å². The fourth-order valence-corrected chi connectivity index (χ4v) is 4.50. The highest BCUT2D eigenvalue weighted by atomic mass is 32.1. The fourth-order valence-electron chi connectivity index (χ4n) is 3.62. The first-order valence-corrected chi connectivity index (χ1v) is 11.7. The number of nitrogen functional groups attached to an aromatic ring is 1. The molecule has 0 saturated carbocycles. The second-order valence-corrected chi connectivity index (χ2v) is 8.98. The molecule has 4 rings (SSSR count). The van der Waals surface area contributed by atoms with Gasteiger partial charge in [-0.1, -0.05) is 43.7 Å². The van der Waals surface area contributed by atoms with E-state index in [0.717, 1.165) is 12.0 Å². The van der Waals surface area contributed by atoms with Crippen LogP contribution in [-0.4, -0.2) is 20.4 Å². The van der Waals surface area contributed by atoms with E-state index in [0.29, 0.717) is 28.6 Å². The third-order valence-electron chi connectivity index (χ3n) is 5.38. The van der Waals surface area contributed by atoms with Crippen molar-refractivity contribution in [2.45, 2.75) is 39.8 Å². The number of thiazole rings is 1. The van der Waals surface area contributed by atoms with E-state index in [4.69, 9.17) is 10.2 Å². The van der Waals surface area contributed by atoms with Crippen LogP contribution in [0.1, 0.15) is 40.7 Å². The number of aryl methyl sites for hydroxylation is 1. The summed E-state index contributed by atoms with van der Waals surface area (Å²) in [5, 5.41) is 0.556. The largest absolute Gasteiger partial charge is 0.462 e. The average Bonchev–Trinajstić information content (AvgIpc) is 3.48. The highest BCUT2D eigenvalue weighted by Gasteiger charge is 2.29. The van der Waals surface area contributed by atoms with Crippen LogP contribution in [0, 0.1) is 6.92 Å². The van der Waals surface area contributed by atoms with Crippen molar-refractivity contribution in [3.8, 4) is 10.8 Å². The Balaban J connectivity index is 1.84. The van der Waals surface area contributed by atoms with Gasteiger partial charge in [-0.25, -0.2) is 9.78 Å². The number of carbonyl (C=O) groups is 1. The standard InChI is InChI=1S/C24H25N5O4S/c1-3-4-12-28-20(25)19(21(30)27-24(28)32)29(14-16-9-6-5-7-10-16)23(31)18-15(2)34-22(26-18)17-11-8-13-33-17/h5-11,13H,3-4,12,14,25H2,1-2H3,(H,27,30,32). The quantitative estimate of drug-likeness (QED) is 0.396. The summed E-state index contributed by atoms with van der Waals surface area (Å²) in [7, 11) is 0. The first kappa shape index (κ1) is 23.2. The van der Waals surface area contributed by atoms with E-state index >= 15 is 0 Å². The summed E-state index contributed by atoms with van der Waals surface area (Å²) >= 11 is 1.32. The Morgan fingerprint density at radius 2 is 1.97 bits per heavy atom. The lowest BCUT2D eigenvalue weighted by Gasteiger charge is -2.24. The number of unbranched alkanes of at least 4 members (excludes halogenated alkanes) is 1. The molecule has 0 aliphatic carbocycles. The molecule has 3 heterocycles. The molecule has 34 heavy (non-hydrogen) atoms. The molecule has 0 unspecified atom stereocenters. The number of hydrogen-bond acceptors (Lipinski definition) is 7. The molecule has 4 aromatic rings. The number of H-pyrrole nitrogens is 1. The SMILES string of the molecule is CCCCn1c(N)c(N(Cc2ccccc2)C(=O)c2nc(-c3ccco3)sc2C)c(=O)[nH]c1=O. The van der Waals surface area contributed by atoms with Crippen molar-refractivity contribution in [3.63, 3.8) is 0 Å². The fraction of sp³-hybridized carbons (Fsp3) is 0.250. The molecular weight excluding hydrogens is 454 g/mol. The van der Waals surface area contributed by atoms with Crippen LogP contribution < -0.4 is 21.9 Å². The molecule has 1 amide bonds. The Kier molecular flexibility index (Phi) is 6.78. The predicted octanol–water partition coefficient (Wildman–Crippen LogP) is 3.79. The third-order valence-corrected chi connectivity index (χ3v) is 6.36. The molecule has 0 bridgehead atoms. The topological polar surface area (TPSA) is 127 Å². The molecule has 3 N–H and O–H groups in total. The smallest absolute Gasteiger partial charge is 0.330 e. The molecule has 10 heteroatoms. The maximum atomic E-state index is 13.8. The Hall–Kier alpha value is -3.92. The molecule has 1 aromatic carbocycles. The van der Waals surface area contributed by atoms with Crippen LogP contribution in [0.15, 0.2) is 62.7 Å². The van der Waals surface area contributed by atoms with Gasteiger partial charge in [0.25, 0.3) is 11.5 Å². The van der Waals surface area contributed by atoms with Gasteiger partial charge in [0.15, 0.2) is 16.5 Å². The molecule has 0 fully saturated rings. The molecule has 0 aliphatic rings. The summed E-state index contributed by atoms with van der Waals surface area (Å²) in [6.45, 7) is 4.18. The van der Waals surface area contributed by atoms with Crippen LogP contribution in [0.25, 0.3) is 10.8 Å². The predicted molar refractivity (Wildman–Crippen MR) is 132 cm³/mol. The number of amides is 1. The van der Waals surface area contributed by atoms with Crippen LogP contribution >= 0.6 is 11.3 Å². The van der Waals surface area contributed by atoms with Crippen LogP contribution in [0.3, 0.4) is 0 Å². The Bertz CT molecular complexity index is 1400. The minimum Gasteiger partial charge on any atom is -0.462 e. The summed E-state index contributed by atoms with van der Waals surface area (Å²) < 4.78 is 6.72. The van der Waals surface area contributed by atoms with Gasteiger partial charge < -0.3 is 10.2 Å². The van der Waals surface area contributed by atoms with Crippen molar-refractivity contribution < 1.29 is 9.21 Å². The van der Waals surface area contributed by atoms with Crippen molar-refractivity contribution in [2.24, 2.45) is 0 Å². The third kappa shape index (κ3) is 4.58. The van der Waals surface area contributed by atoms with Crippen LogP contribution in [0.4, 0.5) is 11.5 Å². The lowest BCUT2D eigenvalue weighted by molar-refractivity contribution is 0.0980. The second-order valence-electron chi connectivity index (χ2n) is 7.78. The zero-order valence-corrected chi connectivity index (χ0v) is 19.7. The van der Waals surface area contributed by atoms with Gasteiger partial charge in [-0.15, -0.1) is 11.3 Å². The number of benzene rings is 1. The number of anilines is 2. The van der Waals surface area contributed by atoms with Crippen molar-refractivity contribution >= 4 is 28.7 Å². The van der Waals surface area contributed by atoms with Crippen LogP contribution in [-0.2, 0) is 13.1 Å².